The molecule has 1 unspecified atom stereocenters. The van der Waals surface area contributed by atoms with Crippen molar-refractivity contribution >= 4 is 5.97 Å². The van der Waals surface area contributed by atoms with Crippen LogP contribution in [0.1, 0.15) is 5.56 Å². The number of benzene rings is 1. The molecule has 6 heteroatoms. The highest BCUT2D eigenvalue weighted by molar-refractivity contribution is 5.74. The average molecular weight is 293 g/mol. The van der Waals surface area contributed by atoms with Gasteiger partial charge in [-0.25, -0.2) is 4.79 Å². The lowest BCUT2D eigenvalue weighted by atomic mass is 10.1. The average Bonchev–Trinajstić information content (AvgIpc) is 2.92. The maximum Gasteiger partial charge on any atom is 0.345 e. The van der Waals surface area contributed by atoms with E-state index < -0.39 is 12.1 Å². The lowest BCUT2D eigenvalue weighted by Gasteiger charge is -2.26. The van der Waals surface area contributed by atoms with Crippen LogP contribution in [0.2, 0.25) is 0 Å². The molecule has 0 spiro atoms. The molecule has 1 saturated heterocycles. The Labute approximate surface area is 123 Å². The number of ether oxygens (including phenoxy) is 3. The molecule has 3 rings (SSSR count). The topological polar surface area (TPSA) is 68.2 Å². The van der Waals surface area contributed by atoms with Gasteiger partial charge in [0, 0.05) is 32.1 Å². The molecule has 6 nitrogen and oxygen atoms in total. The summed E-state index contributed by atoms with van der Waals surface area (Å²) in [7, 11) is 0. The third-order valence-corrected chi connectivity index (χ3v) is 3.77. The van der Waals surface area contributed by atoms with Gasteiger partial charge in [0.2, 0.25) is 0 Å². The van der Waals surface area contributed by atoms with Gasteiger partial charge in [-0.05, 0) is 11.6 Å². The second kappa shape index (κ2) is 6.32. The molecular weight excluding hydrogens is 274 g/mol. The Hall–Kier alpha value is -1.79. The van der Waals surface area contributed by atoms with Gasteiger partial charge in [-0.3, -0.25) is 4.90 Å². The van der Waals surface area contributed by atoms with Crippen LogP contribution in [0.4, 0.5) is 0 Å². The largest absolute Gasteiger partial charge is 0.492 e. The number of hydrogen-bond acceptors (Lipinski definition) is 5. The molecule has 2 aliphatic rings. The van der Waals surface area contributed by atoms with Crippen molar-refractivity contribution in [2.75, 3.05) is 39.5 Å². The summed E-state index contributed by atoms with van der Waals surface area (Å²) in [6, 6.07) is 5.52. The molecule has 21 heavy (non-hydrogen) atoms. The van der Waals surface area contributed by atoms with E-state index >= 15 is 0 Å². The number of aliphatic carboxylic acids is 1. The summed E-state index contributed by atoms with van der Waals surface area (Å²) in [5.74, 6) is 0.403. The maximum absolute atomic E-state index is 10.9. The zero-order valence-corrected chi connectivity index (χ0v) is 11.8. The van der Waals surface area contributed by atoms with Crippen molar-refractivity contribution in [2.45, 2.75) is 12.5 Å². The molecule has 2 heterocycles. The number of hydrogen-bond donors (Lipinski definition) is 1. The first-order valence-corrected chi connectivity index (χ1v) is 7.17. The molecule has 1 aromatic carbocycles. The van der Waals surface area contributed by atoms with Gasteiger partial charge in [-0.2, -0.15) is 0 Å². The smallest absolute Gasteiger partial charge is 0.345 e. The Balaban J connectivity index is 1.51. The minimum absolute atomic E-state index is 0.415. The van der Waals surface area contributed by atoms with Gasteiger partial charge in [-0.15, -0.1) is 0 Å². The van der Waals surface area contributed by atoms with Crippen molar-refractivity contribution < 1.29 is 24.1 Å². The summed E-state index contributed by atoms with van der Waals surface area (Å²) >= 11 is 0. The molecule has 0 bridgehead atoms. The minimum atomic E-state index is -0.930. The second-order valence-electron chi connectivity index (χ2n) is 5.22. The summed E-state index contributed by atoms with van der Waals surface area (Å²) in [5, 5.41) is 8.97. The Morgan fingerprint density at radius 1 is 1.38 bits per heavy atom. The zero-order chi connectivity index (χ0) is 14.7. The number of morpholine rings is 1. The van der Waals surface area contributed by atoms with E-state index in [4.69, 9.17) is 19.3 Å². The van der Waals surface area contributed by atoms with Crippen LogP contribution in [0.25, 0.3) is 0 Å². The molecule has 0 saturated carbocycles. The van der Waals surface area contributed by atoms with Crippen LogP contribution in [0.3, 0.4) is 0 Å². The van der Waals surface area contributed by atoms with Gasteiger partial charge in [0.1, 0.15) is 18.1 Å². The van der Waals surface area contributed by atoms with Crippen LogP contribution in [-0.2, 0) is 16.0 Å². The fourth-order valence-electron chi connectivity index (χ4n) is 2.55. The van der Waals surface area contributed by atoms with Crippen molar-refractivity contribution in [3.63, 3.8) is 0 Å². The molecule has 1 aromatic rings. The number of carbonyl (C=O) groups is 1. The van der Waals surface area contributed by atoms with Gasteiger partial charge in [0.15, 0.2) is 6.10 Å². The van der Waals surface area contributed by atoms with Crippen LogP contribution < -0.4 is 9.47 Å². The number of rotatable bonds is 5. The highest BCUT2D eigenvalue weighted by Gasteiger charge is 2.28. The first-order chi connectivity index (χ1) is 10.2. The highest BCUT2D eigenvalue weighted by atomic mass is 16.5. The van der Waals surface area contributed by atoms with Gasteiger partial charge in [-0.1, -0.05) is 6.07 Å². The van der Waals surface area contributed by atoms with Crippen LogP contribution >= 0.6 is 0 Å². The van der Waals surface area contributed by atoms with E-state index in [0.717, 1.165) is 38.4 Å². The van der Waals surface area contributed by atoms with Crippen LogP contribution in [-0.4, -0.2) is 61.5 Å². The number of carboxylic acids is 1. The molecule has 0 aromatic heterocycles. The molecule has 1 atom stereocenters. The number of carboxylic acid groups (broad SMARTS) is 1. The Morgan fingerprint density at radius 3 is 2.95 bits per heavy atom. The van der Waals surface area contributed by atoms with E-state index in [1.807, 2.05) is 12.1 Å². The number of fused-ring (bicyclic) bond motifs is 1. The summed E-state index contributed by atoms with van der Waals surface area (Å²) < 4.78 is 16.4. The van der Waals surface area contributed by atoms with Gasteiger partial charge in [0.05, 0.1) is 13.2 Å². The molecular formula is C15H19NO5. The maximum atomic E-state index is 10.9. The van der Waals surface area contributed by atoms with E-state index in [1.165, 1.54) is 0 Å². The van der Waals surface area contributed by atoms with Gasteiger partial charge >= 0.3 is 5.97 Å². The summed E-state index contributed by atoms with van der Waals surface area (Å²) in [6.07, 6.45) is -0.359. The van der Waals surface area contributed by atoms with Gasteiger partial charge < -0.3 is 19.3 Å². The minimum Gasteiger partial charge on any atom is -0.492 e. The van der Waals surface area contributed by atoms with Crippen molar-refractivity contribution in [2.24, 2.45) is 0 Å². The molecule has 1 fully saturated rings. The highest BCUT2D eigenvalue weighted by Crippen LogP contribution is 2.32. The standard InChI is InChI=1S/C15H19NO5/c17-15(18)14-9-11-1-2-12(10-13(11)21-14)20-8-5-16-3-6-19-7-4-16/h1-2,10,14H,3-9H2,(H,17,18). The third-order valence-electron chi connectivity index (χ3n) is 3.77. The molecule has 114 valence electrons. The molecule has 0 amide bonds. The van der Waals surface area contributed by atoms with Crippen LogP contribution in [0, 0.1) is 0 Å². The Morgan fingerprint density at radius 2 is 2.19 bits per heavy atom. The summed E-state index contributed by atoms with van der Waals surface area (Å²) in [6.45, 7) is 4.90. The molecule has 1 N–H and O–H groups in total. The lowest BCUT2D eigenvalue weighted by molar-refractivity contribution is -0.144. The van der Waals surface area contributed by atoms with E-state index in [2.05, 4.69) is 4.90 Å². The van der Waals surface area contributed by atoms with Crippen molar-refractivity contribution in [3.8, 4) is 11.5 Å². The normalized spacial score (nSPS) is 21.6. The van der Waals surface area contributed by atoms with Crippen molar-refractivity contribution in [1.29, 1.82) is 0 Å². The fourth-order valence-corrected chi connectivity index (χ4v) is 2.55. The summed E-state index contributed by atoms with van der Waals surface area (Å²) in [4.78, 5) is 13.2. The van der Waals surface area contributed by atoms with E-state index in [1.54, 1.807) is 6.07 Å². The monoisotopic (exact) mass is 293 g/mol. The summed E-state index contributed by atoms with van der Waals surface area (Å²) in [5.41, 5.74) is 0.919. The van der Waals surface area contributed by atoms with Gasteiger partial charge in [0.25, 0.3) is 0 Å². The Bertz CT molecular complexity index is 513. The predicted molar refractivity (Wildman–Crippen MR) is 75.0 cm³/mol. The lowest BCUT2D eigenvalue weighted by Crippen LogP contribution is -2.38. The molecule has 2 aliphatic heterocycles. The van der Waals surface area contributed by atoms with Crippen LogP contribution in [0.5, 0.6) is 11.5 Å². The van der Waals surface area contributed by atoms with E-state index in [-0.39, 0.29) is 0 Å². The molecule has 0 radical (unpaired) electrons. The van der Waals surface area contributed by atoms with Crippen molar-refractivity contribution in [1.82, 2.24) is 4.90 Å². The van der Waals surface area contributed by atoms with E-state index in [9.17, 15) is 4.79 Å². The fraction of sp³-hybridized carbons (Fsp3) is 0.533. The first kappa shape index (κ1) is 14.2. The van der Waals surface area contributed by atoms with Crippen molar-refractivity contribution in [3.05, 3.63) is 23.8 Å². The third kappa shape index (κ3) is 3.46. The second-order valence-corrected chi connectivity index (χ2v) is 5.22. The van der Waals surface area contributed by atoms with Crippen LogP contribution in [0.15, 0.2) is 18.2 Å². The SMILES string of the molecule is O=C(O)C1Cc2ccc(OCCN3CCOCC3)cc2O1. The quantitative estimate of drug-likeness (QED) is 0.865. The molecule has 0 aliphatic carbocycles. The number of nitrogens with zero attached hydrogens (tertiary/aromatic N) is 1. The zero-order valence-electron chi connectivity index (χ0n) is 11.8. The Kier molecular flexibility index (Phi) is 4.26. The van der Waals surface area contributed by atoms with E-state index in [0.29, 0.717) is 24.5 Å². The predicted octanol–water partition coefficient (Wildman–Crippen LogP) is 0.786. The first-order valence-electron chi connectivity index (χ1n) is 7.17.